The molecule has 0 bridgehead atoms. The number of guanidine groups is 1. The lowest BCUT2D eigenvalue weighted by Crippen LogP contribution is -2.39. The van der Waals surface area contributed by atoms with Gasteiger partial charge in [0.25, 0.3) is 5.91 Å². The van der Waals surface area contributed by atoms with Crippen LogP contribution in [0.2, 0.25) is 0 Å². The van der Waals surface area contributed by atoms with Crippen molar-refractivity contribution in [1.29, 1.82) is 0 Å². The van der Waals surface area contributed by atoms with Crippen molar-refractivity contribution in [2.45, 2.75) is 25.8 Å². The summed E-state index contributed by atoms with van der Waals surface area (Å²) in [7, 11) is 0. The number of amides is 1. The second-order valence-corrected chi connectivity index (χ2v) is 5.70. The SMILES string of the molecule is CCN1CCCC1CN=C(N)NCCNC(=O)c1ccccc1.I. The van der Waals surface area contributed by atoms with Crippen molar-refractivity contribution in [2.24, 2.45) is 10.7 Å². The van der Waals surface area contributed by atoms with Gasteiger partial charge in [0.1, 0.15) is 0 Å². The Morgan fingerprint density at radius 2 is 2.00 bits per heavy atom. The van der Waals surface area contributed by atoms with Crippen molar-refractivity contribution in [3.8, 4) is 0 Å². The van der Waals surface area contributed by atoms with Crippen molar-refractivity contribution in [3.05, 3.63) is 35.9 Å². The van der Waals surface area contributed by atoms with Gasteiger partial charge in [0.05, 0.1) is 6.54 Å². The standard InChI is InChI=1S/C17H27N5O.HI/c1-2-22-12-6-9-15(22)13-21-17(18)20-11-10-19-16(23)14-7-4-3-5-8-14;/h3-5,7-8,15H,2,6,9-13H2,1H3,(H,19,23)(H3,18,20,21);1H. The van der Waals surface area contributed by atoms with E-state index in [1.807, 2.05) is 18.2 Å². The Balaban J connectivity index is 0.00000288. The van der Waals surface area contributed by atoms with Gasteiger partial charge in [-0.15, -0.1) is 24.0 Å². The molecule has 1 saturated heterocycles. The van der Waals surface area contributed by atoms with Gasteiger partial charge in [-0.1, -0.05) is 25.1 Å². The molecular weight excluding hydrogens is 417 g/mol. The van der Waals surface area contributed by atoms with Crippen LogP contribution in [-0.2, 0) is 0 Å². The molecule has 0 aromatic heterocycles. The largest absolute Gasteiger partial charge is 0.370 e. The molecule has 4 N–H and O–H groups in total. The van der Waals surface area contributed by atoms with E-state index in [2.05, 4.69) is 27.4 Å². The van der Waals surface area contributed by atoms with Gasteiger partial charge >= 0.3 is 0 Å². The first kappa shape index (κ1) is 20.7. The minimum atomic E-state index is -0.0764. The zero-order valence-corrected chi connectivity index (χ0v) is 16.5. The van der Waals surface area contributed by atoms with Crippen LogP contribution in [0.15, 0.2) is 35.3 Å². The summed E-state index contributed by atoms with van der Waals surface area (Å²) in [6.45, 7) is 6.22. The van der Waals surface area contributed by atoms with Crippen molar-refractivity contribution >= 4 is 35.8 Å². The second-order valence-electron chi connectivity index (χ2n) is 5.70. The van der Waals surface area contributed by atoms with Crippen molar-refractivity contribution < 1.29 is 4.79 Å². The number of nitrogens with zero attached hydrogens (tertiary/aromatic N) is 2. The summed E-state index contributed by atoms with van der Waals surface area (Å²) in [5, 5.41) is 5.89. The number of likely N-dealkylation sites (tertiary alicyclic amines) is 1. The van der Waals surface area contributed by atoms with Crippen molar-refractivity contribution in [1.82, 2.24) is 15.5 Å². The lowest BCUT2D eigenvalue weighted by Gasteiger charge is -2.20. The molecule has 1 fully saturated rings. The van der Waals surface area contributed by atoms with E-state index >= 15 is 0 Å². The van der Waals surface area contributed by atoms with Gasteiger partial charge in [-0.3, -0.25) is 14.7 Å². The van der Waals surface area contributed by atoms with Crippen LogP contribution in [0.4, 0.5) is 0 Å². The molecule has 1 atom stereocenters. The lowest BCUT2D eigenvalue weighted by molar-refractivity contribution is 0.0954. The highest BCUT2D eigenvalue weighted by Crippen LogP contribution is 2.16. The molecule has 24 heavy (non-hydrogen) atoms. The highest BCUT2D eigenvalue weighted by atomic mass is 127. The molecule has 0 saturated carbocycles. The van der Waals surface area contributed by atoms with Gasteiger partial charge in [-0.2, -0.15) is 0 Å². The van der Waals surface area contributed by atoms with Gasteiger partial charge in [-0.05, 0) is 38.1 Å². The highest BCUT2D eigenvalue weighted by Gasteiger charge is 2.22. The third kappa shape index (κ3) is 6.64. The molecule has 6 nitrogen and oxygen atoms in total. The lowest BCUT2D eigenvalue weighted by atomic mass is 10.2. The van der Waals surface area contributed by atoms with Crippen LogP contribution in [0, 0.1) is 0 Å². The third-order valence-electron chi connectivity index (χ3n) is 4.13. The van der Waals surface area contributed by atoms with Gasteiger partial charge in [0.2, 0.25) is 0 Å². The first-order valence-electron chi connectivity index (χ1n) is 8.31. The molecule has 1 aromatic carbocycles. The van der Waals surface area contributed by atoms with Crippen LogP contribution in [0.5, 0.6) is 0 Å². The molecule has 7 heteroatoms. The van der Waals surface area contributed by atoms with Crippen LogP contribution >= 0.6 is 24.0 Å². The van der Waals surface area contributed by atoms with Gasteiger partial charge in [0, 0.05) is 24.7 Å². The zero-order chi connectivity index (χ0) is 16.5. The molecule has 2 rings (SSSR count). The molecule has 1 aliphatic rings. The second kappa shape index (κ2) is 11.2. The maximum absolute atomic E-state index is 11.9. The number of nitrogens with one attached hydrogen (secondary N) is 2. The normalized spacial score (nSPS) is 18.0. The first-order chi connectivity index (χ1) is 11.2. The van der Waals surface area contributed by atoms with Crippen LogP contribution in [0.3, 0.4) is 0 Å². The number of hydrogen-bond donors (Lipinski definition) is 3. The minimum absolute atomic E-state index is 0. The quantitative estimate of drug-likeness (QED) is 0.257. The number of nitrogens with two attached hydrogens (primary N) is 1. The van der Waals surface area contributed by atoms with Crippen LogP contribution in [0.1, 0.15) is 30.1 Å². The van der Waals surface area contributed by atoms with Crippen LogP contribution < -0.4 is 16.4 Å². The summed E-state index contributed by atoms with van der Waals surface area (Å²) in [4.78, 5) is 18.7. The predicted molar refractivity (Wildman–Crippen MR) is 109 cm³/mol. The molecule has 0 radical (unpaired) electrons. The molecule has 0 spiro atoms. The topological polar surface area (TPSA) is 82.8 Å². The Morgan fingerprint density at radius 3 is 2.71 bits per heavy atom. The number of hydrogen-bond acceptors (Lipinski definition) is 3. The summed E-state index contributed by atoms with van der Waals surface area (Å²) in [6.07, 6.45) is 2.44. The number of aliphatic imine (C=N–C) groups is 1. The zero-order valence-electron chi connectivity index (χ0n) is 14.2. The summed E-state index contributed by atoms with van der Waals surface area (Å²) in [5.74, 6) is 0.370. The average molecular weight is 445 g/mol. The van der Waals surface area contributed by atoms with E-state index in [0.717, 1.165) is 19.6 Å². The number of benzene rings is 1. The fourth-order valence-electron chi connectivity index (χ4n) is 2.84. The van der Waals surface area contributed by atoms with Gasteiger partial charge < -0.3 is 16.4 Å². The summed E-state index contributed by atoms with van der Waals surface area (Å²) in [6, 6.07) is 9.68. The number of likely N-dealkylation sites (N-methyl/N-ethyl adjacent to an activating group) is 1. The van der Waals surface area contributed by atoms with E-state index in [1.54, 1.807) is 12.1 Å². The van der Waals surface area contributed by atoms with Crippen LogP contribution in [-0.4, -0.2) is 55.5 Å². The van der Waals surface area contributed by atoms with E-state index in [4.69, 9.17) is 5.73 Å². The predicted octanol–water partition coefficient (Wildman–Crippen LogP) is 1.42. The third-order valence-corrected chi connectivity index (χ3v) is 4.13. The van der Waals surface area contributed by atoms with E-state index in [0.29, 0.717) is 30.7 Å². The van der Waals surface area contributed by atoms with E-state index in [1.165, 1.54) is 12.8 Å². The molecule has 1 aliphatic heterocycles. The average Bonchev–Trinajstić information content (AvgIpc) is 3.05. The molecule has 134 valence electrons. The van der Waals surface area contributed by atoms with Crippen molar-refractivity contribution in [3.63, 3.8) is 0 Å². The maximum Gasteiger partial charge on any atom is 0.251 e. The summed E-state index contributed by atoms with van der Waals surface area (Å²) < 4.78 is 0. The number of rotatable bonds is 7. The summed E-state index contributed by atoms with van der Waals surface area (Å²) >= 11 is 0. The number of carbonyl (C=O) groups excluding carboxylic acids is 1. The Bertz CT molecular complexity index is 523. The van der Waals surface area contributed by atoms with Gasteiger partial charge in [0.15, 0.2) is 5.96 Å². The van der Waals surface area contributed by atoms with E-state index in [-0.39, 0.29) is 29.9 Å². The maximum atomic E-state index is 11.9. The Hall–Kier alpha value is -1.35. The number of carbonyl (C=O) groups is 1. The van der Waals surface area contributed by atoms with E-state index in [9.17, 15) is 4.79 Å². The van der Waals surface area contributed by atoms with Gasteiger partial charge in [-0.25, -0.2) is 0 Å². The molecule has 1 unspecified atom stereocenters. The molecule has 1 amide bonds. The van der Waals surface area contributed by atoms with Crippen LogP contribution in [0.25, 0.3) is 0 Å². The number of halogens is 1. The molecular formula is C17H28IN5O. The molecule has 1 aromatic rings. The monoisotopic (exact) mass is 445 g/mol. The molecule has 1 heterocycles. The highest BCUT2D eigenvalue weighted by molar-refractivity contribution is 14.0. The fourth-order valence-corrected chi connectivity index (χ4v) is 2.84. The summed E-state index contributed by atoms with van der Waals surface area (Å²) in [5.41, 5.74) is 6.54. The Labute approximate surface area is 161 Å². The van der Waals surface area contributed by atoms with Crippen molar-refractivity contribution in [2.75, 3.05) is 32.7 Å². The first-order valence-corrected chi connectivity index (χ1v) is 8.31. The Kier molecular flexibility index (Phi) is 9.70. The smallest absolute Gasteiger partial charge is 0.251 e. The fraction of sp³-hybridized carbons (Fsp3) is 0.529. The van der Waals surface area contributed by atoms with E-state index < -0.39 is 0 Å². The minimum Gasteiger partial charge on any atom is -0.370 e. The molecule has 0 aliphatic carbocycles. The Morgan fingerprint density at radius 1 is 1.29 bits per heavy atom.